The van der Waals surface area contributed by atoms with E-state index in [-0.39, 0.29) is 6.61 Å². The highest BCUT2D eigenvalue weighted by atomic mass is 32.2. The molecule has 0 bridgehead atoms. The molecule has 0 fully saturated rings. The van der Waals surface area contributed by atoms with Crippen molar-refractivity contribution in [3.63, 3.8) is 0 Å². The topological polar surface area (TPSA) is 70.8 Å². The molecule has 0 spiro atoms. The van der Waals surface area contributed by atoms with Crippen LogP contribution in [-0.4, -0.2) is 30.2 Å². The molecule has 32 heavy (non-hydrogen) atoms. The molecule has 1 unspecified atom stereocenters. The summed E-state index contributed by atoms with van der Waals surface area (Å²) in [4.78, 5) is 0. The van der Waals surface area contributed by atoms with Gasteiger partial charge in [-0.25, -0.2) is 0 Å². The lowest BCUT2D eigenvalue weighted by atomic mass is 10.0. The van der Waals surface area contributed by atoms with Crippen LogP contribution in [0, 0.1) is 11.3 Å². The zero-order valence-corrected chi connectivity index (χ0v) is 22.0. The highest BCUT2D eigenvalue weighted by Gasteiger charge is 2.25. The Morgan fingerprint density at radius 2 is 2.06 bits per heavy atom. The Hall–Kier alpha value is -1.98. The second-order valence-electron chi connectivity index (χ2n) is 6.86. The smallest absolute Gasteiger partial charge is 0.148 e. The van der Waals surface area contributed by atoms with Crippen molar-refractivity contribution < 1.29 is 4.74 Å². The minimum atomic E-state index is 0.287. The molecule has 5 nitrogen and oxygen atoms in total. The van der Waals surface area contributed by atoms with Gasteiger partial charge in [-0.05, 0) is 43.2 Å². The first kappa shape index (κ1) is 28.1. The third-order valence-corrected chi connectivity index (χ3v) is 6.04. The molecule has 0 aliphatic heterocycles. The molecule has 0 radical (unpaired) electrons. The zero-order valence-electron chi connectivity index (χ0n) is 20.4. The second-order valence-corrected chi connectivity index (χ2v) is 8.49. The molecular formula is C25H36N4OS2. The minimum absolute atomic E-state index is 0.287. The lowest BCUT2D eigenvalue weighted by Gasteiger charge is -2.12. The number of ether oxygens (including phenoxy) is 1. The van der Waals surface area contributed by atoms with E-state index in [2.05, 4.69) is 59.3 Å². The van der Waals surface area contributed by atoms with Gasteiger partial charge in [-0.1, -0.05) is 81.7 Å². The van der Waals surface area contributed by atoms with E-state index >= 15 is 0 Å². The van der Waals surface area contributed by atoms with Crippen molar-refractivity contribution >= 4 is 28.9 Å². The summed E-state index contributed by atoms with van der Waals surface area (Å²) in [6, 6.07) is 8.98. The zero-order chi connectivity index (χ0) is 23.9. The number of methoxy groups -OCH3 is 1. The fraction of sp³-hybridized carbons (Fsp3) is 0.480. The number of aromatic nitrogens is 2. The van der Waals surface area contributed by atoms with E-state index in [1.807, 2.05) is 32.9 Å². The van der Waals surface area contributed by atoms with E-state index < -0.39 is 0 Å². The van der Waals surface area contributed by atoms with E-state index in [1.165, 1.54) is 23.1 Å². The van der Waals surface area contributed by atoms with Gasteiger partial charge in [-0.15, -0.1) is 10.2 Å². The standard InChI is InChI=1S/C20H22N4OS2.C3H8.C2H6/c1-4-14(10-13(11-21)12-25-2)19-22-23-20(27-19)17-7-5-6-16-15(17)8-9-18(16)24-26-3;1-3-2;1-2/h4-7,10,18,24H,8-9,12H2,1-3H3;3H2,1-2H3;1-2H3/b13-10-,14-4+;;. The van der Waals surface area contributed by atoms with Gasteiger partial charge in [0.2, 0.25) is 0 Å². The van der Waals surface area contributed by atoms with Crippen molar-refractivity contribution in [2.75, 3.05) is 20.0 Å². The summed E-state index contributed by atoms with van der Waals surface area (Å²) in [6.07, 6.45) is 9.22. The Balaban J connectivity index is 0.000000944. The number of nitriles is 1. The number of benzene rings is 1. The Kier molecular flexibility index (Phi) is 13.8. The van der Waals surface area contributed by atoms with Crippen molar-refractivity contribution in [2.45, 2.75) is 59.9 Å². The molecule has 7 heteroatoms. The monoisotopic (exact) mass is 472 g/mol. The maximum Gasteiger partial charge on any atom is 0.148 e. The summed E-state index contributed by atoms with van der Waals surface area (Å²) in [6.45, 7) is 10.5. The second kappa shape index (κ2) is 15.8. The molecule has 1 atom stereocenters. The number of nitrogens with one attached hydrogen (secondary N) is 1. The van der Waals surface area contributed by atoms with E-state index in [9.17, 15) is 5.26 Å². The van der Waals surface area contributed by atoms with Crippen molar-refractivity contribution in [1.82, 2.24) is 14.9 Å². The summed E-state index contributed by atoms with van der Waals surface area (Å²) in [5, 5.41) is 19.8. The van der Waals surface area contributed by atoms with Crippen molar-refractivity contribution in [2.24, 2.45) is 0 Å². The number of fused-ring (bicyclic) bond motifs is 1. The summed E-state index contributed by atoms with van der Waals surface area (Å²) in [5.74, 6) is 0. The maximum atomic E-state index is 9.24. The Morgan fingerprint density at radius 3 is 2.66 bits per heavy atom. The van der Waals surface area contributed by atoms with Crippen LogP contribution in [0.3, 0.4) is 0 Å². The molecule has 0 amide bonds. The lowest BCUT2D eigenvalue weighted by Crippen LogP contribution is -2.09. The van der Waals surface area contributed by atoms with Crippen LogP contribution < -0.4 is 4.72 Å². The van der Waals surface area contributed by atoms with Crippen LogP contribution in [0.2, 0.25) is 0 Å². The number of allylic oxidation sites excluding steroid dienone is 3. The molecule has 3 rings (SSSR count). The van der Waals surface area contributed by atoms with Crippen molar-refractivity contribution in [3.05, 3.63) is 52.1 Å². The normalized spacial score (nSPS) is 15.1. The Morgan fingerprint density at radius 1 is 1.34 bits per heavy atom. The van der Waals surface area contributed by atoms with Gasteiger partial charge in [-0.2, -0.15) is 5.26 Å². The summed E-state index contributed by atoms with van der Waals surface area (Å²) in [5.41, 5.74) is 5.34. The average Bonchev–Trinajstić information content (AvgIpc) is 3.46. The minimum Gasteiger partial charge on any atom is -0.379 e. The quantitative estimate of drug-likeness (QED) is 0.266. The van der Waals surface area contributed by atoms with Crippen LogP contribution in [0.5, 0.6) is 0 Å². The van der Waals surface area contributed by atoms with Gasteiger partial charge in [0, 0.05) is 24.3 Å². The Bertz CT molecular complexity index is 928. The highest BCUT2D eigenvalue weighted by Crippen LogP contribution is 2.39. The number of hydrogen-bond acceptors (Lipinski definition) is 7. The summed E-state index contributed by atoms with van der Waals surface area (Å²) >= 11 is 3.22. The third kappa shape index (κ3) is 7.56. The SMILES string of the molecule is C/C=C(\C=C(\C#N)COC)c1nnc(-c2cccc3c2CCC3NSC)s1.CC.CCC. The van der Waals surface area contributed by atoms with Gasteiger partial charge in [0.15, 0.2) is 0 Å². The van der Waals surface area contributed by atoms with Crippen LogP contribution in [0.4, 0.5) is 0 Å². The van der Waals surface area contributed by atoms with Crippen molar-refractivity contribution in [3.8, 4) is 16.6 Å². The lowest BCUT2D eigenvalue weighted by molar-refractivity contribution is 0.229. The maximum absolute atomic E-state index is 9.24. The fourth-order valence-corrected chi connectivity index (χ4v) is 4.76. The molecule has 0 saturated heterocycles. The van der Waals surface area contributed by atoms with E-state index in [1.54, 1.807) is 30.4 Å². The number of hydrogen-bond donors (Lipinski definition) is 1. The van der Waals surface area contributed by atoms with Gasteiger partial charge in [-0.3, -0.25) is 4.72 Å². The molecule has 1 aromatic heterocycles. The van der Waals surface area contributed by atoms with E-state index in [4.69, 9.17) is 4.74 Å². The van der Waals surface area contributed by atoms with Crippen molar-refractivity contribution in [1.29, 1.82) is 5.26 Å². The molecule has 0 saturated carbocycles. The molecule has 2 aromatic rings. The van der Waals surface area contributed by atoms with Gasteiger partial charge >= 0.3 is 0 Å². The van der Waals surface area contributed by atoms with Crippen LogP contribution in [0.15, 0.2) is 35.9 Å². The third-order valence-electron chi connectivity index (χ3n) is 4.52. The molecule has 1 heterocycles. The number of nitrogens with zero attached hydrogens (tertiary/aromatic N) is 3. The Labute approximate surface area is 202 Å². The average molecular weight is 473 g/mol. The van der Waals surface area contributed by atoms with Crippen LogP contribution in [0.1, 0.15) is 69.6 Å². The van der Waals surface area contributed by atoms with Gasteiger partial charge in [0.25, 0.3) is 0 Å². The summed E-state index contributed by atoms with van der Waals surface area (Å²) in [7, 11) is 1.58. The predicted octanol–water partition coefficient (Wildman–Crippen LogP) is 7.00. The van der Waals surface area contributed by atoms with Crippen LogP contribution in [0.25, 0.3) is 16.1 Å². The van der Waals surface area contributed by atoms with E-state index in [0.717, 1.165) is 28.4 Å². The van der Waals surface area contributed by atoms with Gasteiger partial charge in [0.05, 0.1) is 18.2 Å². The molecule has 1 aliphatic carbocycles. The molecule has 1 aliphatic rings. The van der Waals surface area contributed by atoms with Crippen LogP contribution >= 0.6 is 23.3 Å². The number of rotatable bonds is 7. The first-order valence-electron chi connectivity index (χ1n) is 11.1. The predicted molar refractivity (Wildman–Crippen MR) is 140 cm³/mol. The van der Waals surface area contributed by atoms with E-state index in [0.29, 0.717) is 11.6 Å². The fourth-order valence-electron chi connectivity index (χ4n) is 3.29. The molecule has 1 aromatic carbocycles. The van der Waals surface area contributed by atoms with Crippen LogP contribution in [-0.2, 0) is 11.2 Å². The molecular weight excluding hydrogens is 436 g/mol. The molecule has 1 N–H and O–H groups in total. The first-order valence-corrected chi connectivity index (χ1v) is 13.2. The first-order chi connectivity index (χ1) is 15.6. The van der Waals surface area contributed by atoms with Gasteiger partial charge < -0.3 is 4.74 Å². The van der Waals surface area contributed by atoms with Gasteiger partial charge in [0.1, 0.15) is 10.0 Å². The molecule has 174 valence electrons. The highest BCUT2D eigenvalue weighted by molar-refractivity contribution is 7.96. The largest absolute Gasteiger partial charge is 0.379 e. The summed E-state index contributed by atoms with van der Waals surface area (Å²) < 4.78 is 8.55.